The predicted octanol–water partition coefficient (Wildman–Crippen LogP) is 3.29. The summed E-state index contributed by atoms with van der Waals surface area (Å²) in [6, 6.07) is 15.4. The van der Waals surface area contributed by atoms with Crippen molar-refractivity contribution in [2.24, 2.45) is 0 Å². The molecule has 0 aliphatic heterocycles. The fraction of sp³-hybridized carbons (Fsp3) is 0. The molecule has 4 heteroatoms. The van der Waals surface area contributed by atoms with E-state index in [0.717, 1.165) is 9.99 Å². The van der Waals surface area contributed by atoms with Crippen molar-refractivity contribution in [1.82, 2.24) is 4.98 Å². The van der Waals surface area contributed by atoms with Crippen LogP contribution in [-0.4, -0.2) is 25.3 Å². The quantitative estimate of drug-likeness (QED) is 0.516. The molecule has 0 fully saturated rings. The summed E-state index contributed by atoms with van der Waals surface area (Å²) in [4.78, 5) is 16.8. The zero-order chi connectivity index (χ0) is 12.5. The summed E-state index contributed by atoms with van der Waals surface area (Å²) in [6.07, 6.45) is 0. The van der Waals surface area contributed by atoms with Gasteiger partial charge in [-0.1, -0.05) is 0 Å². The predicted molar refractivity (Wildman–Crippen MR) is 76.3 cm³/mol. The summed E-state index contributed by atoms with van der Waals surface area (Å²) >= 11 is 3.40. The van der Waals surface area contributed by atoms with E-state index >= 15 is 0 Å². The van der Waals surface area contributed by atoms with Crippen molar-refractivity contribution in [1.29, 1.82) is 0 Å². The summed E-state index contributed by atoms with van der Waals surface area (Å²) in [5.41, 5.74) is 1.63. The van der Waals surface area contributed by atoms with Gasteiger partial charge < -0.3 is 0 Å². The first-order chi connectivity index (χ1) is 8.74. The van der Waals surface area contributed by atoms with E-state index in [1.165, 1.54) is 4.26 Å². The molecule has 1 aromatic heterocycles. The summed E-state index contributed by atoms with van der Waals surface area (Å²) in [5, 5.41) is 0. The molecule has 0 N–H and O–H groups in total. The fourth-order valence-electron chi connectivity index (χ4n) is 1.72. The van der Waals surface area contributed by atoms with Crippen LogP contribution in [0.3, 0.4) is 0 Å². The number of para-hydroxylation sites is 1. The number of benzene rings is 2. The van der Waals surface area contributed by atoms with Crippen molar-refractivity contribution in [3.05, 3.63) is 63.1 Å². The van der Waals surface area contributed by atoms with Gasteiger partial charge in [0.25, 0.3) is 0 Å². The second kappa shape index (κ2) is 4.81. The molecule has 0 saturated heterocycles. The first-order valence-electron chi connectivity index (χ1n) is 5.40. The maximum absolute atomic E-state index is 12.3. The first-order valence-corrected chi connectivity index (χ1v) is 7.90. The van der Waals surface area contributed by atoms with Gasteiger partial charge in [0, 0.05) is 0 Å². The van der Waals surface area contributed by atoms with Gasteiger partial charge in [-0.3, -0.25) is 0 Å². The molecular weight excluding hydrogens is 357 g/mol. The Kier molecular flexibility index (Phi) is 3.16. The molecule has 3 rings (SSSR count). The van der Waals surface area contributed by atoms with Crippen molar-refractivity contribution >= 4 is 46.0 Å². The van der Waals surface area contributed by atoms with Gasteiger partial charge in [-0.25, -0.2) is 0 Å². The normalized spacial score (nSPS) is 10.7. The van der Waals surface area contributed by atoms with Gasteiger partial charge in [0.2, 0.25) is 0 Å². The average molecular weight is 365 g/mol. The monoisotopic (exact) mass is 365 g/mol. The number of carbonyl (C=O) groups is 1. The zero-order valence-electron chi connectivity index (χ0n) is 9.26. The van der Waals surface area contributed by atoms with Crippen LogP contribution in [0.4, 0.5) is 0 Å². The van der Waals surface area contributed by atoms with Crippen LogP contribution in [-0.2, 0) is 0 Å². The van der Waals surface area contributed by atoms with Gasteiger partial charge in [-0.2, -0.15) is 0 Å². The minimum absolute atomic E-state index is 0.0238. The number of ketones is 1. The van der Waals surface area contributed by atoms with E-state index in [-0.39, 0.29) is 20.3 Å². The molecule has 0 radical (unpaired) electrons. The molecule has 3 aromatic rings. The molecule has 2 aromatic carbocycles. The number of nitrogens with zero attached hydrogens (tertiary/aromatic N) is 1. The van der Waals surface area contributed by atoms with Crippen molar-refractivity contribution in [3.63, 3.8) is 0 Å². The molecule has 0 amide bonds. The molecular formula is C14H8BrNOSe. The Balaban J connectivity index is 2.06. The summed E-state index contributed by atoms with van der Waals surface area (Å²) in [6.45, 7) is 0. The minimum atomic E-state index is 0.0238. The number of hydrogen-bond donors (Lipinski definition) is 0. The van der Waals surface area contributed by atoms with E-state index in [4.69, 9.17) is 0 Å². The molecule has 0 saturated carbocycles. The molecule has 0 unspecified atom stereocenters. The second-order valence-electron chi connectivity index (χ2n) is 3.83. The van der Waals surface area contributed by atoms with E-state index in [9.17, 15) is 4.79 Å². The molecule has 88 valence electrons. The third-order valence-electron chi connectivity index (χ3n) is 2.57. The molecule has 0 bridgehead atoms. The Hall–Kier alpha value is -1.22. The van der Waals surface area contributed by atoms with E-state index < -0.39 is 0 Å². The number of aromatic nitrogens is 1. The van der Waals surface area contributed by atoms with Crippen LogP contribution in [0.2, 0.25) is 0 Å². The van der Waals surface area contributed by atoms with Gasteiger partial charge in [-0.05, 0) is 0 Å². The van der Waals surface area contributed by atoms with Crippen molar-refractivity contribution in [2.75, 3.05) is 0 Å². The Morgan fingerprint density at radius 2 is 1.94 bits per heavy atom. The summed E-state index contributed by atoms with van der Waals surface area (Å²) in [5.74, 6) is 0.0347. The van der Waals surface area contributed by atoms with Gasteiger partial charge in [0.1, 0.15) is 0 Å². The SMILES string of the molecule is O=C(c1cccc(Br)c1)c1nc2ccccc2[se]1. The molecule has 0 aliphatic rings. The van der Waals surface area contributed by atoms with Crippen LogP contribution in [0.1, 0.15) is 14.9 Å². The Morgan fingerprint density at radius 1 is 1.11 bits per heavy atom. The van der Waals surface area contributed by atoms with Crippen LogP contribution in [0.5, 0.6) is 0 Å². The van der Waals surface area contributed by atoms with Crippen molar-refractivity contribution in [2.45, 2.75) is 0 Å². The van der Waals surface area contributed by atoms with Crippen LogP contribution in [0.25, 0.3) is 9.78 Å². The van der Waals surface area contributed by atoms with E-state index in [1.54, 1.807) is 0 Å². The van der Waals surface area contributed by atoms with Crippen LogP contribution < -0.4 is 0 Å². The summed E-state index contributed by atoms with van der Waals surface area (Å²) in [7, 11) is 0. The standard InChI is InChI=1S/C14H8BrNOSe/c15-10-5-3-4-9(8-10)13(17)14-16-11-6-1-2-7-12(11)18-14/h1-8H. The summed E-state index contributed by atoms with van der Waals surface area (Å²) < 4.78 is 2.78. The van der Waals surface area contributed by atoms with Crippen molar-refractivity contribution in [3.8, 4) is 0 Å². The maximum atomic E-state index is 12.3. The van der Waals surface area contributed by atoms with Crippen LogP contribution >= 0.6 is 15.9 Å². The van der Waals surface area contributed by atoms with Gasteiger partial charge in [0.05, 0.1) is 0 Å². The van der Waals surface area contributed by atoms with Gasteiger partial charge in [0.15, 0.2) is 0 Å². The Morgan fingerprint density at radius 3 is 2.72 bits per heavy atom. The number of halogens is 1. The van der Waals surface area contributed by atoms with E-state index in [1.807, 2.05) is 48.5 Å². The van der Waals surface area contributed by atoms with Gasteiger partial charge >= 0.3 is 119 Å². The van der Waals surface area contributed by atoms with E-state index in [0.29, 0.717) is 10.1 Å². The molecule has 18 heavy (non-hydrogen) atoms. The molecule has 0 atom stereocenters. The number of fused-ring (bicyclic) bond motifs is 1. The topological polar surface area (TPSA) is 30.0 Å². The molecule has 0 aliphatic carbocycles. The number of hydrogen-bond acceptors (Lipinski definition) is 2. The van der Waals surface area contributed by atoms with Crippen LogP contribution in [0, 0.1) is 0 Å². The average Bonchev–Trinajstić information content (AvgIpc) is 2.81. The molecule has 1 heterocycles. The Labute approximate surface area is 119 Å². The molecule has 2 nitrogen and oxygen atoms in total. The Bertz CT molecular complexity index is 702. The van der Waals surface area contributed by atoms with Gasteiger partial charge in [-0.15, -0.1) is 0 Å². The second-order valence-corrected chi connectivity index (χ2v) is 6.90. The van der Waals surface area contributed by atoms with E-state index in [2.05, 4.69) is 20.9 Å². The molecule has 0 spiro atoms. The van der Waals surface area contributed by atoms with Crippen molar-refractivity contribution < 1.29 is 4.79 Å². The van der Waals surface area contributed by atoms with Crippen LogP contribution in [0.15, 0.2) is 53.0 Å². The number of carbonyl (C=O) groups excluding carboxylic acids is 1. The fourth-order valence-corrected chi connectivity index (χ4v) is 4.07. The third-order valence-corrected chi connectivity index (χ3v) is 5.24. The number of rotatable bonds is 2. The zero-order valence-corrected chi connectivity index (χ0v) is 12.6. The first kappa shape index (κ1) is 11.8. The third kappa shape index (κ3) is 2.19.